The van der Waals surface area contributed by atoms with E-state index in [4.69, 9.17) is 4.74 Å². The van der Waals surface area contributed by atoms with Crippen molar-refractivity contribution in [3.63, 3.8) is 0 Å². The first-order valence-corrected chi connectivity index (χ1v) is 7.60. The minimum absolute atomic E-state index is 0.277. The Kier molecular flexibility index (Phi) is 4.51. The number of methoxy groups -OCH3 is 1. The Morgan fingerprint density at radius 2 is 2.11 bits per heavy atom. The summed E-state index contributed by atoms with van der Waals surface area (Å²) in [4.78, 5) is 13.4. The van der Waals surface area contributed by atoms with Gasteiger partial charge in [0.15, 0.2) is 0 Å². The minimum Gasteiger partial charge on any atom is -0.381 e. The molecule has 1 aliphatic heterocycles. The van der Waals surface area contributed by atoms with Gasteiger partial charge in [-0.05, 0) is 25.7 Å². The van der Waals surface area contributed by atoms with Crippen LogP contribution in [0.15, 0.2) is 0 Å². The summed E-state index contributed by atoms with van der Waals surface area (Å²) in [6.45, 7) is 5.37. The fourth-order valence-corrected chi connectivity index (χ4v) is 3.94. The molecule has 0 aromatic rings. The van der Waals surface area contributed by atoms with Crippen LogP contribution in [0.3, 0.4) is 0 Å². The summed E-state index contributed by atoms with van der Waals surface area (Å²) in [5.74, 6) is 0.277. The maximum absolute atomic E-state index is 11.5. The van der Waals surface area contributed by atoms with E-state index in [1.165, 1.54) is 0 Å². The zero-order chi connectivity index (χ0) is 14.0. The molecule has 0 spiro atoms. The van der Waals surface area contributed by atoms with Crippen LogP contribution in [0.2, 0.25) is 0 Å². The highest BCUT2D eigenvalue weighted by Gasteiger charge is 2.53. The molecular formula is C15H28N2O2. The molecule has 0 unspecified atom stereocenters. The van der Waals surface area contributed by atoms with E-state index in [2.05, 4.69) is 19.2 Å². The SMILES string of the molecule is CCC1(CC)[C@@H](OC)C[C@H]1N[C@H]1CCC(=O)N(C)C1. The molecular weight excluding hydrogens is 240 g/mol. The van der Waals surface area contributed by atoms with Crippen molar-refractivity contribution in [3.8, 4) is 0 Å². The van der Waals surface area contributed by atoms with Gasteiger partial charge in [-0.3, -0.25) is 4.79 Å². The third-order valence-electron chi connectivity index (χ3n) is 5.45. The number of hydrogen-bond donors (Lipinski definition) is 1. The molecule has 0 bridgehead atoms. The average molecular weight is 268 g/mol. The van der Waals surface area contributed by atoms with Gasteiger partial charge in [-0.2, -0.15) is 0 Å². The number of rotatable bonds is 5. The number of ether oxygens (including phenoxy) is 1. The van der Waals surface area contributed by atoms with Gasteiger partial charge in [-0.25, -0.2) is 0 Å². The topological polar surface area (TPSA) is 41.6 Å². The molecule has 2 fully saturated rings. The molecule has 0 aromatic carbocycles. The Morgan fingerprint density at radius 1 is 1.42 bits per heavy atom. The van der Waals surface area contributed by atoms with Crippen molar-refractivity contribution < 1.29 is 9.53 Å². The van der Waals surface area contributed by atoms with Gasteiger partial charge in [0.1, 0.15) is 0 Å². The lowest BCUT2D eigenvalue weighted by Gasteiger charge is -2.56. The molecule has 4 nitrogen and oxygen atoms in total. The molecule has 1 saturated heterocycles. The van der Waals surface area contributed by atoms with Crippen LogP contribution in [0.1, 0.15) is 46.0 Å². The third kappa shape index (κ3) is 2.52. The van der Waals surface area contributed by atoms with Crippen LogP contribution in [0.5, 0.6) is 0 Å². The van der Waals surface area contributed by atoms with E-state index in [9.17, 15) is 4.79 Å². The Morgan fingerprint density at radius 3 is 2.63 bits per heavy atom. The summed E-state index contributed by atoms with van der Waals surface area (Å²) >= 11 is 0. The van der Waals surface area contributed by atoms with Crippen molar-refractivity contribution in [2.75, 3.05) is 20.7 Å². The molecule has 1 amide bonds. The van der Waals surface area contributed by atoms with Crippen molar-refractivity contribution in [3.05, 3.63) is 0 Å². The van der Waals surface area contributed by atoms with Gasteiger partial charge in [0, 0.05) is 44.6 Å². The summed E-state index contributed by atoms with van der Waals surface area (Å²) in [6.07, 6.45) is 5.46. The van der Waals surface area contributed by atoms with E-state index in [0.29, 0.717) is 24.6 Å². The normalized spacial score (nSPS) is 34.2. The maximum atomic E-state index is 11.5. The molecule has 2 rings (SSSR count). The highest BCUT2D eigenvalue weighted by Crippen LogP contribution is 2.48. The Hall–Kier alpha value is -0.610. The van der Waals surface area contributed by atoms with Crippen molar-refractivity contribution in [2.45, 2.75) is 64.1 Å². The van der Waals surface area contributed by atoms with E-state index < -0.39 is 0 Å². The standard InChI is InChI=1S/C15H28N2O2/c1-5-15(6-2)12(9-13(15)19-4)16-11-7-8-14(18)17(3)10-11/h11-13,16H,5-10H2,1-4H3/t11-,12+,13-/m0/s1. The molecule has 1 saturated carbocycles. The highest BCUT2D eigenvalue weighted by atomic mass is 16.5. The average Bonchev–Trinajstić information content (AvgIpc) is 2.40. The summed E-state index contributed by atoms with van der Waals surface area (Å²) in [6, 6.07) is 0.988. The molecule has 0 radical (unpaired) electrons. The number of amides is 1. The fraction of sp³-hybridized carbons (Fsp3) is 0.933. The van der Waals surface area contributed by atoms with Crippen LogP contribution in [0, 0.1) is 5.41 Å². The number of likely N-dealkylation sites (N-methyl/N-ethyl adjacent to an activating group) is 1. The van der Waals surface area contributed by atoms with Crippen molar-refractivity contribution in [1.29, 1.82) is 0 Å². The van der Waals surface area contributed by atoms with Gasteiger partial charge in [0.2, 0.25) is 5.91 Å². The highest BCUT2D eigenvalue weighted by molar-refractivity contribution is 5.76. The van der Waals surface area contributed by atoms with Gasteiger partial charge < -0.3 is 15.0 Å². The Balaban J connectivity index is 1.94. The number of nitrogens with zero attached hydrogens (tertiary/aromatic N) is 1. The summed E-state index contributed by atoms with van der Waals surface area (Å²) in [5.41, 5.74) is 0.286. The first-order chi connectivity index (χ1) is 9.07. The monoisotopic (exact) mass is 268 g/mol. The maximum Gasteiger partial charge on any atom is 0.222 e. The van der Waals surface area contributed by atoms with Crippen molar-refractivity contribution in [2.24, 2.45) is 5.41 Å². The number of piperidine rings is 1. The first kappa shape index (κ1) is 14.8. The van der Waals surface area contributed by atoms with E-state index in [1.54, 1.807) is 0 Å². The van der Waals surface area contributed by atoms with Crippen molar-refractivity contribution in [1.82, 2.24) is 10.2 Å². The fourth-order valence-electron chi connectivity index (χ4n) is 3.94. The number of carbonyl (C=O) groups is 1. The number of likely N-dealkylation sites (tertiary alicyclic amines) is 1. The zero-order valence-electron chi connectivity index (χ0n) is 12.7. The number of carbonyl (C=O) groups excluding carboxylic acids is 1. The zero-order valence-corrected chi connectivity index (χ0v) is 12.7. The van der Waals surface area contributed by atoms with Crippen LogP contribution in [-0.4, -0.2) is 49.7 Å². The summed E-state index contributed by atoms with van der Waals surface area (Å²) in [5, 5.41) is 3.79. The van der Waals surface area contributed by atoms with Crippen molar-refractivity contribution >= 4 is 5.91 Å². The second kappa shape index (κ2) is 5.80. The van der Waals surface area contributed by atoms with Crippen LogP contribution in [0.25, 0.3) is 0 Å². The molecule has 19 heavy (non-hydrogen) atoms. The lowest BCUT2D eigenvalue weighted by molar-refractivity contribution is -0.137. The van der Waals surface area contributed by atoms with Gasteiger partial charge in [0.05, 0.1) is 6.10 Å². The molecule has 4 heteroatoms. The lowest BCUT2D eigenvalue weighted by Crippen LogP contribution is -2.66. The van der Waals surface area contributed by atoms with E-state index in [0.717, 1.165) is 32.2 Å². The number of hydrogen-bond acceptors (Lipinski definition) is 3. The molecule has 0 aromatic heterocycles. The van der Waals surface area contributed by atoms with Crippen LogP contribution >= 0.6 is 0 Å². The molecule has 2 aliphatic rings. The molecule has 3 atom stereocenters. The van der Waals surface area contributed by atoms with Crippen LogP contribution in [0.4, 0.5) is 0 Å². The molecule has 1 aliphatic carbocycles. The lowest BCUT2D eigenvalue weighted by atomic mass is 9.58. The first-order valence-electron chi connectivity index (χ1n) is 7.60. The molecule has 1 heterocycles. The number of nitrogens with one attached hydrogen (secondary N) is 1. The Bertz CT molecular complexity index is 328. The third-order valence-corrected chi connectivity index (χ3v) is 5.45. The quantitative estimate of drug-likeness (QED) is 0.826. The van der Waals surface area contributed by atoms with Crippen LogP contribution < -0.4 is 5.32 Å². The minimum atomic E-state index is 0.277. The van der Waals surface area contributed by atoms with E-state index in [-0.39, 0.29) is 11.3 Å². The predicted molar refractivity (Wildman–Crippen MR) is 76.0 cm³/mol. The molecule has 110 valence electrons. The second-order valence-electron chi connectivity index (χ2n) is 6.13. The van der Waals surface area contributed by atoms with Gasteiger partial charge in [-0.15, -0.1) is 0 Å². The Labute approximate surface area is 116 Å². The largest absolute Gasteiger partial charge is 0.381 e. The molecule has 1 N–H and O–H groups in total. The van der Waals surface area contributed by atoms with E-state index >= 15 is 0 Å². The smallest absolute Gasteiger partial charge is 0.222 e. The van der Waals surface area contributed by atoms with Crippen LogP contribution in [-0.2, 0) is 9.53 Å². The second-order valence-corrected chi connectivity index (χ2v) is 6.13. The van der Waals surface area contributed by atoms with Gasteiger partial charge in [0.25, 0.3) is 0 Å². The van der Waals surface area contributed by atoms with Gasteiger partial charge in [-0.1, -0.05) is 13.8 Å². The predicted octanol–water partition coefficient (Wildman–Crippen LogP) is 1.79. The van der Waals surface area contributed by atoms with E-state index in [1.807, 2.05) is 19.1 Å². The van der Waals surface area contributed by atoms with Gasteiger partial charge >= 0.3 is 0 Å². The summed E-state index contributed by atoms with van der Waals surface area (Å²) < 4.78 is 5.64. The summed E-state index contributed by atoms with van der Waals surface area (Å²) in [7, 11) is 3.73.